The Morgan fingerprint density at radius 3 is 2.67 bits per heavy atom. The summed E-state index contributed by atoms with van der Waals surface area (Å²) in [5, 5.41) is 2.43. The Kier molecular flexibility index (Phi) is 2.69. The summed E-state index contributed by atoms with van der Waals surface area (Å²) in [7, 11) is 0. The van der Waals surface area contributed by atoms with Crippen molar-refractivity contribution in [3.8, 4) is 5.69 Å². The maximum absolute atomic E-state index is 5.55. The molecule has 1 N–H and O–H groups in total. The van der Waals surface area contributed by atoms with Gasteiger partial charge in [-0.3, -0.25) is 4.57 Å². The van der Waals surface area contributed by atoms with Crippen molar-refractivity contribution in [1.29, 1.82) is 0 Å². The van der Waals surface area contributed by atoms with Crippen molar-refractivity contribution in [3.63, 3.8) is 0 Å². The summed E-state index contributed by atoms with van der Waals surface area (Å²) in [5.41, 5.74) is 4.54. The van der Waals surface area contributed by atoms with Crippen molar-refractivity contribution in [2.24, 2.45) is 0 Å². The highest BCUT2D eigenvalue weighted by atomic mass is 32.1. The lowest BCUT2D eigenvalue weighted by Gasteiger charge is -2.09. The number of aromatic nitrogens is 2. The Labute approximate surface area is 127 Å². The van der Waals surface area contributed by atoms with Gasteiger partial charge in [-0.25, -0.2) is 0 Å². The Bertz CT molecular complexity index is 1020. The Balaban J connectivity index is 2.16. The van der Waals surface area contributed by atoms with Crippen molar-refractivity contribution in [3.05, 3.63) is 71.0 Å². The van der Waals surface area contributed by atoms with E-state index >= 15 is 0 Å². The lowest BCUT2D eigenvalue weighted by molar-refractivity contribution is 1.08. The molecule has 0 unspecified atom stereocenters. The molecule has 0 bridgehead atoms. The molecule has 0 saturated carbocycles. The predicted molar refractivity (Wildman–Crippen MR) is 90.7 cm³/mol. The van der Waals surface area contributed by atoms with Crippen LogP contribution >= 0.6 is 12.2 Å². The second-order valence-electron chi connectivity index (χ2n) is 5.28. The number of aryl methyl sites for hydroxylation is 1. The molecular weight excluding hydrogens is 276 g/mol. The van der Waals surface area contributed by atoms with Gasteiger partial charge in [-0.15, -0.1) is 0 Å². The van der Waals surface area contributed by atoms with Gasteiger partial charge in [0.25, 0.3) is 0 Å². The summed E-state index contributed by atoms with van der Waals surface area (Å²) in [5.74, 6) is 0. The quantitative estimate of drug-likeness (QED) is 0.481. The first-order valence-electron chi connectivity index (χ1n) is 6.93. The summed E-state index contributed by atoms with van der Waals surface area (Å²) in [6, 6.07) is 21.1. The Morgan fingerprint density at radius 2 is 1.76 bits per heavy atom. The third-order valence-corrected chi connectivity index (χ3v) is 4.13. The summed E-state index contributed by atoms with van der Waals surface area (Å²) in [6.45, 7) is 2.10. The average Bonchev–Trinajstić information content (AvgIpc) is 2.82. The van der Waals surface area contributed by atoms with E-state index in [-0.39, 0.29) is 0 Å². The van der Waals surface area contributed by atoms with E-state index in [2.05, 4.69) is 77.1 Å². The fourth-order valence-corrected chi connectivity index (χ4v) is 3.16. The third kappa shape index (κ3) is 1.89. The minimum Gasteiger partial charge on any atom is -0.330 e. The number of benzene rings is 3. The van der Waals surface area contributed by atoms with Gasteiger partial charge >= 0.3 is 0 Å². The fraction of sp³-hybridized carbons (Fsp3) is 0.0556. The highest BCUT2D eigenvalue weighted by molar-refractivity contribution is 7.71. The van der Waals surface area contributed by atoms with Crippen molar-refractivity contribution >= 4 is 34.0 Å². The molecule has 1 heterocycles. The van der Waals surface area contributed by atoms with Crippen LogP contribution in [-0.2, 0) is 0 Å². The highest BCUT2D eigenvalue weighted by Crippen LogP contribution is 2.26. The smallest absolute Gasteiger partial charge is 0.182 e. The number of rotatable bonds is 1. The molecule has 21 heavy (non-hydrogen) atoms. The molecule has 102 valence electrons. The van der Waals surface area contributed by atoms with Gasteiger partial charge in [0, 0.05) is 5.39 Å². The van der Waals surface area contributed by atoms with Gasteiger partial charge in [0.1, 0.15) is 0 Å². The van der Waals surface area contributed by atoms with Crippen molar-refractivity contribution in [2.45, 2.75) is 6.92 Å². The van der Waals surface area contributed by atoms with Crippen LogP contribution in [0.25, 0.3) is 27.5 Å². The molecule has 0 amide bonds. The zero-order valence-corrected chi connectivity index (χ0v) is 12.4. The van der Waals surface area contributed by atoms with E-state index in [1.807, 2.05) is 0 Å². The van der Waals surface area contributed by atoms with Gasteiger partial charge in [-0.2, -0.15) is 0 Å². The number of nitrogens with one attached hydrogen (secondary N) is 1. The highest BCUT2D eigenvalue weighted by Gasteiger charge is 2.09. The number of nitrogens with zero attached hydrogens (tertiary/aromatic N) is 1. The molecule has 0 aliphatic rings. The summed E-state index contributed by atoms with van der Waals surface area (Å²) in [6.07, 6.45) is 0. The minimum absolute atomic E-state index is 0.729. The zero-order valence-electron chi connectivity index (χ0n) is 11.6. The largest absolute Gasteiger partial charge is 0.330 e. The fourth-order valence-electron chi connectivity index (χ4n) is 2.86. The molecule has 0 aliphatic carbocycles. The summed E-state index contributed by atoms with van der Waals surface area (Å²) >= 11 is 5.55. The Hall–Kier alpha value is -2.39. The topological polar surface area (TPSA) is 20.7 Å². The number of fused-ring (bicyclic) bond motifs is 2. The van der Waals surface area contributed by atoms with Crippen molar-refractivity contribution in [2.75, 3.05) is 0 Å². The average molecular weight is 290 g/mol. The van der Waals surface area contributed by atoms with E-state index in [9.17, 15) is 0 Å². The minimum atomic E-state index is 0.729. The molecule has 4 aromatic rings. The summed E-state index contributed by atoms with van der Waals surface area (Å²) in [4.78, 5) is 3.30. The van der Waals surface area contributed by atoms with E-state index in [1.165, 1.54) is 16.3 Å². The maximum atomic E-state index is 5.55. The molecule has 3 heteroatoms. The Morgan fingerprint density at radius 1 is 0.952 bits per heavy atom. The van der Waals surface area contributed by atoms with Crippen LogP contribution < -0.4 is 0 Å². The molecule has 3 aromatic carbocycles. The van der Waals surface area contributed by atoms with Crippen LogP contribution in [0.3, 0.4) is 0 Å². The van der Waals surface area contributed by atoms with E-state index in [0.717, 1.165) is 21.5 Å². The van der Waals surface area contributed by atoms with E-state index in [4.69, 9.17) is 12.2 Å². The molecule has 1 aromatic heterocycles. The zero-order chi connectivity index (χ0) is 14.4. The van der Waals surface area contributed by atoms with Gasteiger partial charge < -0.3 is 4.98 Å². The van der Waals surface area contributed by atoms with Crippen LogP contribution in [0.4, 0.5) is 0 Å². The lowest BCUT2D eigenvalue weighted by Crippen LogP contribution is -1.95. The van der Waals surface area contributed by atoms with Crippen molar-refractivity contribution in [1.82, 2.24) is 9.55 Å². The van der Waals surface area contributed by atoms with Gasteiger partial charge in [0.05, 0.1) is 16.7 Å². The van der Waals surface area contributed by atoms with Crippen LogP contribution in [0.1, 0.15) is 5.56 Å². The molecule has 0 radical (unpaired) electrons. The lowest BCUT2D eigenvalue weighted by atomic mass is 10.1. The normalized spacial score (nSPS) is 11.3. The number of imidazole rings is 1. The molecule has 4 rings (SSSR count). The summed E-state index contributed by atoms with van der Waals surface area (Å²) < 4.78 is 2.85. The van der Waals surface area contributed by atoms with E-state index < -0.39 is 0 Å². The van der Waals surface area contributed by atoms with Gasteiger partial charge in [0.15, 0.2) is 4.77 Å². The SMILES string of the molecule is Cc1ccc2[nH]c(=S)n(-c3cccc4ccccc34)c2c1. The second kappa shape index (κ2) is 4.57. The molecule has 0 saturated heterocycles. The number of H-pyrrole nitrogens is 1. The maximum Gasteiger partial charge on any atom is 0.182 e. The first-order valence-corrected chi connectivity index (χ1v) is 7.34. The monoisotopic (exact) mass is 290 g/mol. The van der Waals surface area contributed by atoms with Crippen LogP contribution in [0.5, 0.6) is 0 Å². The van der Waals surface area contributed by atoms with Crippen molar-refractivity contribution < 1.29 is 0 Å². The predicted octanol–water partition coefficient (Wildman–Crippen LogP) is 5.15. The van der Waals surface area contributed by atoms with Crippen LogP contribution in [0.15, 0.2) is 60.7 Å². The molecule has 2 nitrogen and oxygen atoms in total. The van der Waals surface area contributed by atoms with Gasteiger partial charge in [0.2, 0.25) is 0 Å². The second-order valence-corrected chi connectivity index (χ2v) is 5.67. The number of hydrogen-bond donors (Lipinski definition) is 1. The van der Waals surface area contributed by atoms with Crippen LogP contribution in [0, 0.1) is 11.7 Å². The first-order chi connectivity index (χ1) is 10.2. The molecule has 0 atom stereocenters. The standard InChI is InChI=1S/C18H14N2S/c1-12-9-10-15-17(11-12)20(18(21)19-15)16-8-4-6-13-5-2-3-7-14(13)16/h2-11H,1H3,(H,19,21). The molecule has 0 spiro atoms. The third-order valence-electron chi connectivity index (χ3n) is 3.85. The van der Waals surface area contributed by atoms with E-state index in [1.54, 1.807) is 0 Å². The van der Waals surface area contributed by atoms with Gasteiger partial charge in [-0.05, 0) is 48.3 Å². The molecule has 0 aliphatic heterocycles. The van der Waals surface area contributed by atoms with Gasteiger partial charge in [-0.1, -0.05) is 42.5 Å². The number of hydrogen-bond acceptors (Lipinski definition) is 1. The molecule has 0 fully saturated rings. The first kappa shape index (κ1) is 12.4. The van der Waals surface area contributed by atoms with E-state index in [0.29, 0.717) is 0 Å². The number of aromatic amines is 1. The van der Waals surface area contributed by atoms with Crippen LogP contribution in [-0.4, -0.2) is 9.55 Å². The van der Waals surface area contributed by atoms with Crippen LogP contribution in [0.2, 0.25) is 0 Å². The molecular formula is C18H14N2S.